The summed E-state index contributed by atoms with van der Waals surface area (Å²) in [6.07, 6.45) is 0. The van der Waals surface area contributed by atoms with Gasteiger partial charge in [0, 0.05) is 0 Å². The van der Waals surface area contributed by atoms with Gasteiger partial charge < -0.3 is 0 Å². The minimum absolute atomic E-state index is 1.03. The number of pyridine rings is 1. The van der Waals surface area contributed by atoms with Gasteiger partial charge in [0.25, 0.3) is 0 Å². The zero-order valence-electron chi connectivity index (χ0n) is 4.63. The number of hydrogen-bond donors (Lipinski definition) is 0. The molecular formula is C6H6AsN. The van der Waals surface area contributed by atoms with Crippen molar-refractivity contribution in [1.29, 1.82) is 0 Å². The summed E-state index contributed by atoms with van der Waals surface area (Å²) in [7, 11) is 0. The number of rotatable bonds is 0. The quantitative estimate of drug-likeness (QED) is 0.502. The minimum atomic E-state index is 1.03. The van der Waals surface area contributed by atoms with E-state index in [0.29, 0.717) is 0 Å². The van der Waals surface area contributed by atoms with Gasteiger partial charge in [-0.1, -0.05) is 0 Å². The molecule has 1 nitrogen and oxygen atoms in total. The molecule has 0 spiro atoms. The van der Waals surface area contributed by atoms with Gasteiger partial charge in [-0.25, -0.2) is 0 Å². The maximum absolute atomic E-state index is 4.15. The van der Waals surface area contributed by atoms with Crippen molar-refractivity contribution in [3.8, 4) is 0 Å². The fourth-order valence-electron chi connectivity index (χ4n) is 0.529. The molecule has 0 fully saturated rings. The molecule has 0 N–H and O–H groups in total. The van der Waals surface area contributed by atoms with E-state index in [0.717, 1.165) is 10.2 Å². The van der Waals surface area contributed by atoms with Crippen molar-refractivity contribution in [3.05, 3.63) is 23.9 Å². The third-order valence-corrected chi connectivity index (χ3v) is 1.40. The molecule has 2 heteroatoms. The molecular weight excluding hydrogens is 161 g/mol. The van der Waals surface area contributed by atoms with Crippen molar-refractivity contribution in [3.63, 3.8) is 0 Å². The zero-order chi connectivity index (χ0) is 5.98. The molecule has 8 heavy (non-hydrogen) atoms. The van der Waals surface area contributed by atoms with Gasteiger partial charge in [-0.2, -0.15) is 0 Å². The van der Waals surface area contributed by atoms with Crippen molar-refractivity contribution >= 4 is 21.3 Å². The third kappa shape index (κ3) is 1.34. The number of aryl methyl sites for hydroxylation is 1. The van der Waals surface area contributed by atoms with Crippen LogP contribution in [0.3, 0.4) is 0 Å². The molecule has 0 atom stereocenters. The van der Waals surface area contributed by atoms with Crippen LogP contribution in [0.15, 0.2) is 18.2 Å². The van der Waals surface area contributed by atoms with Crippen LogP contribution in [0.5, 0.6) is 0 Å². The van der Waals surface area contributed by atoms with Crippen LogP contribution in [0.4, 0.5) is 0 Å². The molecule has 0 saturated carbocycles. The molecule has 1 heterocycles. The van der Waals surface area contributed by atoms with Crippen LogP contribution >= 0.6 is 0 Å². The van der Waals surface area contributed by atoms with Crippen molar-refractivity contribution in [2.45, 2.75) is 6.92 Å². The Balaban J connectivity index is 3.08. The summed E-state index contributed by atoms with van der Waals surface area (Å²) in [4.78, 5) is 4.15. The Kier molecular flexibility index (Phi) is 1.69. The molecule has 0 saturated heterocycles. The summed E-state index contributed by atoms with van der Waals surface area (Å²) >= 11 is 2.41. The first-order valence-electron chi connectivity index (χ1n) is 2.41. The summed E-state index contributed by atoms with van der Waals surface area (Å²) in [5.41, 5.74) is 1.07. The van der Waals surface area contributed by atoms with Gasteiger partial charge in [0.1, 0.15) is 0 Å². The van der Waals surface area contributed by atoms with Crippen molar-refractivity contribution in [2.24, 2.45) is 0 Å². The van der Waals surface area contributed by atoms with Crippen LogP contribution in [-0.2, 0) is 0 Å². The molecule has 0 aliphatic heterocycles. The molecule has 0 bridgehead atoms. The van der Waals surface area contributed by atoms with E-state index in [1.165, 1.54) is 0 Å². The Morgan fingerprint density at radius 3 is 2.62 bits per heavy atom. The predicted octanol–water partition coefficient (Wildman–Crippen LogP) is 0.184. The summed E-state index contributed by atoms with van der Waals surface area (Å²) in [6.45, 7) is 1.98. The molecule has 1 rings (SSSR count). The molecule has 0 aromatic carbocycles. The first-order chi connectivity index (χ1) is 3.79. The van der Waals surface area contributed by atoms with Gasteiger partial charge in [-0.15, -0.1) is 0 Å². The molecule has 0 unspecified atom stereocenters. The normalized spacial score (nSPS) is 9.25. The SMILES string of the molecule is Cc1cccc([As])n1. The van der Waals surface area contributed by atoms with Gasteiger partial charge in [0.2, 0.25) is 0 Å². The average molecular weight is 167 g/mol. The average Bonchev–Trinajstić information content (AvgIpc) is 1.64. The number of hydrogen-bond acceptors (Lipinski definition) is 1. The Hall–Kier alpha value is -0.292. The Bertz CT molecular complexity index is 168. The maximum atomic E-state index is 4.15. The van der Waals surface area contributed by atoms with Crippen LogP contribution in [-0.4, -0.2) is 21.8 Å². The first kappa shape index (κ1) is 5.84. The van der Waals surface area contributed by atoms with Gasteiger partial charge in [0.05, 0.1) is 0 Å². The van der Waals surface area contributed by atoms with E-state index in [2.05, 4.69) is 21.8 Å². The molecule has 1 aromatic heterocycles. The fourth-order valence-corrected chi connectivity index (χ4v) is 1.04. The van der Waals surface area contributed by atoms with Gasteiger partial charge in [-0.05, 0) is 0 Å². The number of nitrogens with zero attached hydrogens (tertiary/aromatic N) is 1. The zero-order valence-corrected chi connectivity index (χ0v) is 6.50. The van der Waals surface area contributed by atoms with E-state index < -0.39 is 0 Å². The Morgan fingerprint density at radius 2 is 2.25 bits per heavy atom. The number of aromatic nitrogens is 1. The topological polar surface area (TPSA) is 12.9 Å². The van der Waals surface area contributed by atoms with Crippen molar-refractivity contribution in [2.75, 3.05) is 0 Å². The predicted molar refractivity (Wildman–Crippen MR) is 34.4 cm³/mol. The van der Waals surface area contributed by atoms with E-state index in [9.17, 15) is 0 Å². The molecule has 0 amide bonds. The van der Waals surface area contributed by atoms with Crippen molar-refractivity contribution in [1.82, 2.24) is 4.98 Å². The fraction of sp³-hybridized carbons (Fsp3) is 0.167. The van der Waals surface area contributed by atoms with Crippen LogP contribution in [0.2, 0.25) is 0 Å². The standard InChI is InChI=1S/C6H6AsN/c1-5-3-2-4-6(7)8-5/h2-4H,1H3. The van der Waals surface area contributed by atoms with Gasteiger partial charge >= 0.3 is 57.1 Å². The van der Waals surface area contributed by atoms with Crippen LogP contribution in [0.25, 0.3) is 0 Å². The van der Waals surface area contributed by atoms with E-state index in [-0.39, 0.29) is 0 Å². The summed E-state index contributed by atoms with van der Waals surface area (Å²) in [6, 6.07) is 5.94. The summed E-state index contributed by atoms with van der Waals surface area (Å²) < 4.78 is 1.03. The van der Waals surface area contributed by atoms with Gasteiger partial charge in [-0.3, -0.25) is 0 Å². The molecule has 1 aromatic rings. The van der Waals surface area contributed by atoms with E-state index in [1.807, 2.05) is 25.1 Å². The van der Waals surface area contributed by atoms with Crippen LogP contribution < -0.4 is 4.48 Å². The van der Waals surface area contributed by atoms with Crippen LogP contribution in [0.1, 0.15) is 5.69 Å². The Morgan fingerprint density at radius 1 is 1.50 bits per heavy atom. The van der Waals surface area contributed by atoms with E-state index >= 15 is 0 Å². The second kappa shape index (κ2) is 2.32. The second-order valence-electron chi connectivity index (χ2n) is 1.64. The first-order valence-corrected chi connectivity index (χ1v) is 3.35. The van der Waals surface area contributed by atoms with Gasteiger partial charge in [0.15, 0.2) is 0 Å². The van der Waals surface area contributed by atoms with Crippen molar-refractivity contribution < 1.29 is 0 Å². The summed E-state index contributed by atoms with van der Waals surface area (Å²) in [5.74, 6) is 0. The Labute approximate surface area is 57.6 Å². The van der Waals surface area contributed by atoms with Crippen LogP contribution in [0, 0.1) is 6.92 Å². The molecule has 2 radical (unpaired) electrons. The molecule has 40 valence electrons. The molecule has 0 aliphatic rings. The van der Waals surface area contributed by atoms with E-state index in [4.69, 9.17) is 0 Å². The third-order valence-electron chi connectivity index (χ3n) is 0.874. The second-order valence-corrected chi connectivity index (χ2v) is 2.60. The summed E-state index contributed by atoms with van der Waals surface area (Å²) in [5, 5.41) is 0. The monoisotopic (exact) mass is 167 g/mol. The molecule has 0 aliphatic carbocycles. The van der Waals surface area contributed by atoms with E-state index in [1.54, 1.807) is 0 Å².